The lowest BCUT2D eigenvalue weighted by atomic mass is 9.82. The average Bonchev–Trinajstić information content (AvgIpc) is 3.67. The van der Waals surface area contributed by atoms with Gasteiger partial charge in [0.25, 0.3) is 0 Å². The first-order chi connectivity index (χ1) is 26.5. The van der Waals surface area contributed by atoms with Crippen molar-refractivity contribution in [2.75, 3.05) is 4.90 Å². The summed E-state index contributed by atoms with van der Waals surface area (Å²) in [6.45, 7) is 4.59. The van der Waals surface area contributed by atoms with Crippen molar-refractivity contribution in [3.63, 3.8) is 0 Å². The number of para-hydroxylation sites is 2. The molecule has 0 unspecified atom stereocenters. The number of rotatable bonds is 6. The molecule has 0 fully saturated rings. The SMILES string of the molecule is CC1(C)c2ccccc2-c2ccc(N(c3ccc(-c4ccc5c(c4)c4ccccc4n5-c4ccccc4)cc3)c3ccc(-c4ccccc4)c(F)c3)cc21. The summed E-state index contributed by atoms with van der Waals surface area (Å²) in [5, 5.41) is 2.44. The zero-order valence-corrected chi connectivity index (χ0v) is 30.2. The summed E-state index contributed by atoms with van der Waals surface area (Å²) in [6.07, 6.45) is 0. The molecule has 8 aromatic carbocycles. The standard InChI is InChI=1S/C51H37FN2/c1-51(2)46-19-11-9-17-42(46)43-29-27-39(32-47(43)51)53(40-26-28-41(48(52)33-40)35-13-5-3-6-14-35)38-24-21-34(22-25-38)36-23-30-50-45(31-36)44-18-10-12-20-49(44)54(50)37-15-7-4-8-16-37/h3-33H,1-2H3. The number of benzene rings is 8. The summed E-state index contributed by atoms with van der Waals surface area (Å²) >= 11 is 0. The summed E-state index contributed by atoms with van der Waals surface area (Å²) in [5.74, 6) is -0.253. The maximum atomic E-state index is 16.1. The lowest BCUT2D eigenvalue weighted by Gasteiger charge is -2.28. The number of nitrogens with zero attached hydrogens (tertiary/aromatic N) is 2. The van der Waals surface area contributed by atoms with Crippen LogP contribution in [0.15, 0.2) is 188 Å². The van der Waals surface area contributed by atoms with Crippen molar-refractivity contribution < 1.29 is 4.39 Å². The normalized spacial score (nSPS) is 12.9. The minimum Gasteiger partial charge on any atom is -0.310 e. The van der Waals surface area contributed by atoms with Gasteiger partial charge in [-0.05, 0) is 112 Å². The van der Waals surface area contributed by atoms with Gasteiger partial charge in [0, 0.05) is 44.5 Å². The molecule has 0 aliphatic heterocycles. The van der Waals surface area contributed by atoms with Crippen LogP contribution in [0.25, 0.3) is 60.9 Å². The third-order valence-electron chi connectivity index (χ3n) is 11.3. The van der Waals surface area contributed by atoms with Crippen LogP contribution in [-0.4, -0.2) is 4.57 Å². The van der Waals surface area contributed by atoms with Crippen molar-refractivity contribution in [2.45, 2.75) is 19.3 Å². The van der Waals surface area contributed by atoms with E-state index in [0.29, 0.717) is 5.56 Å². The molecule has 0 radical (unpaired) electrons. The second-order valence-corrected chi connectivity index (χ2v) is 14.7. The highest BCUT2D eigenvalue weighted by molar-refractivity contribution is 6.10. The van der Waals surface area contributed by atoms with Gasteiger partial charge in [0.15, 0.2) is 0 Å². The van der Waals surface area contributed by atoms with Gasteiger partial charge in [-0.3, -0.25) is 0 Å². The molecule has 3 heteroatoms. The first-order valence-electron chi connectivity index (χ1n) is 18.5. The van der Waals surface area contributed by atoms with Gasteiger partial charge in [-0.15, -0.1) is 0 Å². The summed E-state index contributed by atoms with van der Waals surface area (Å²) in [7, 11) is 0. The fraction of sp³-hybridized carbons (Fsp3) is 0.0588. The molecular formula is C51H37FN2. The third kappa shape index (κ3) is 5.08. The minimum absolute atomic E-state index is 0.165. The molecule has 10 rings (SSSR count). The Kier molecular flexibility index (Phi) is 7.38. The predicted molar refractivity (Wildman–Crippen MR) is 224 cm³/mol. The van der Waals surface area contributed by atoms with Crippen molar-refractivity contribution in [2.24, 2.45) is 0 Å². The Morgan fingerprint density at radius 3 is 1.80 bits per heavy atom. The van der Waals surface area contributed by atoms with E-state index in [1.807, 2.05) is 42.5 Å². The topological polar surface area (TPSA) is 8.17 Å². The molecular weight excluding hydrogens is 660 g/mol. The van der Waals surface area contributed by atoms with Crippen molar-refractivity contribution in [1.29, 1.82) is 0 Å². The molecule has 1 aromatic heterocycles. The van der Waals surface area contributed by atoms with Gasteiger partial charge in [0.05, 0.1) is 11.0 Å². The van der Waals surface area contributed by atoms with Crippen LogP contribution in [0.2, 0.25) is 0 Å². The van der Waals surface area contributed by atoms with E-state index in [2.05, 4.69) is 163 Å². The summed E-state index contributed by atoms with van der Waals surface area (Å²) in [5.41, 5.74) is 14.9. The Bertz CT molecular complexity index is 2850. The Morgan fingerprint density at radius 1 is 0.426 bits per heavy atom. The third-order valence-corrected chi connectivity index (χ3v) is 11.3. The molecule has 1 heterocycles. The lowest BCUT2D eigenvalue weighted by molar-refractivity contribution is 0.631. The second-order valence-electron chi connectivity index (χ2n) is 14.7. The van der Waals surface area contributed by atoms with Crippen LogP contribution < -0.4 is 4.90 Å². The highest BCUT2D eigenvalue weighted by Gasteiger charge is 2.35. The maximum Gasteiger partial charge on any atom is 0.133 e. The van der Waals surface area contributed by atoms with Gasteiger partial charge < -0.3 is 9.47 Å². The van der Waals surface area contributed by atoms with E-state index >= 15 is 4.39 Å². The van der Waals surface area contributed by atoms with Gasteiger partial charge in [0.1, 0.15) is 5.82 Å². The fourth-order valence-corrected chi connectivity index (χ4v) is 8.58. The quantitative estimate of drug-likeness (QED) is 0.168. The summed E-state index contributed by atoms with van der Waals surface area (Å²) in [6, 6.07) is 65.3. The highest BCUT2D eigenvalue weighted by Crippen LogP contribution is 2.51. The van der Waals surface area contributed by atoms with E-state index in [1.54, 1.807) is 6.07 Å². The van der Waals surface area contributed by atoms with Crippen LogP contribution in [0.1, 0.15) is 25.0 Å². The minimum atomic E-state index is -0.253. The van der Waals surface area contributed by atoms with Gasteiger partial charge in [-0.25, -0.2) is 4.39 Å². The van der Waals surface area contributed by atoms with E-state index in [0.717, 1.165) is 39.4 Å². The Balaban J connectivity index is 1.08. The van der Waals surface area contributed by atoms with Crippen molar-refractivity contribution in [3.8, 4) is 39.1 Å². The van der Waals surface area contributed by atoms with E-state index in [9.17, 15) is 0 Å². The monoisotopic (exact) mass is 696 g/mol. The van der Waals surface area contributed by atoms with Crippen molar-refractivity contribution >= 4 is 38.9 Å². The summed E-state index contributed by atoms with van der Waals surface area (Å²) in [4.78, 5) is 2.18. The molecule has 1 aliphatic carbocycles. The van der Waals surface area contributed by atoms with Crippen LogP contribution in [-0.2, 0) is 5.41 Å². The number of halogens is 1. The summed E-state index contributed by atoms with van der Waals surface area (Å²) < 4.78 is 18.4. The van der Waals surface area contributed by atoms with E-state index in [4.69, 9.17) is 0 Å². The maximum absolute atomic E-state index is 16.1. The molecule has 0 bridgehead atoms. The molecule has 1 aliphatic rings. The number of aromatic nitrogens is 1. The molecule has 0 atom stereocenters. The van der Waals surface area contributed by atoms with Crippen LogP contribution >= 0.6 is 0 Å². The molecule has 0 saturated heterocycles. The van der Waals surface area contributed by atoms with Gasteiger partial charge >= 0.3 is 0 Å². The van der Waals surface area contributed by atoms with Crippen LogP contribution in [0.3, 0.4) is 0 Å². The molecule has 0 N–H and O–H groups in total. The van der Waals surface area contributed by atoms with Gasteiger partial charge in [0.2, 0.25) is 0 Å². The number of hydrogen-bond donors (Lipinski definition) is 0. The molecule has 9 aromatic rings. The number of anilines is 3. The molecule has 0 saturated carbocycles. The lowest BCUT2D eigenvalue weighted by Crippen LogP contribution is -2.16. The van der Waals surface area contributed by atoms with Crippen LogP contribution in [0.4, 0.5) is 21.5 Å². The van der Waals surface area contributed by atoms with E-state index in [1.165, 1.54) is 44.1 Å². The molecule has 258 valence electrons. The first kappa shape index (κ1) is 32.0. The molecule has 2 nitrogen and oxygen atoms in total. The van der Waals surface area contributed by atoms with Gasteiger partial charge in [-0.1, -0.05) is 129 Å². The average molecular weight is 697 g/mol. The predicted octanol–water partition coefficient (Wildman–Crippen LogP) is 14.0. The number of hydrogen-bond acceptors (Lipinski definition) is 1. The van der Waals surface area contributed by atoms with Crippen LogP contribution in [0.5, 0.6) is 0 Å². The second kappa shape index (κ2) is 12.5. The fourth-order valence-electron chi connectivity index (χ4n) is 8.58. The zero-order chi connectivity index (χ0) is 36.4. The van der Waals surface area contributed by atoms with Crippen LogP contribution in [0, 0.1) is 5.82 Å². The first-order valence-corrected chi connectivity index (χ1v) is 18.5. The highest BCUT2D eigenvalue weighted by atomic mass is 19.1. The van der Waals surface area contributed by atoms with Gasteiger partial charge in [-0.2, -0.15) is 0 Å². The Hall–Kier alpha value is -6.71. The Morgan fingerprint density at radius 2 is 1.02 bits per heavy atom. The zero-order valence-electron chi connectivity index (χ0n) is 30.2. The van der Waals surface area contributed by atoms with E-state index in [-0.39, 0.29) is 11.2 Å². The Labute approximate surface area is 315 Å². The molecule has 0 amide bonds. The smallest absolute Gasteiger partial charge is 0.133 e. The molecule has 54 heavy (non-hydrogen) atoms. The van der Waals surface area contributed by atoms with Crippen molar-refractivity contribution in [3.05, 3.63) is 205 Å². The largest absolute Gasteiger partial charge is 0.310 e. The van der Waals surface area contributed by atoms with Crippen molar-refractivity contribution in [1.82, 2.24) is 4.57 Å². The van der Waals surface area contributed by atoms with E-state index < -0.39 is 0 Å². The number of fused-ring (bicyclic) bond motifs is 6. The molecule has 0 spiro atoms.